The zero-order valence-corrected chi connectivity index (χ0v) is 6.20. The fraction of sp³-hybridized carbons (Fsp3) is 0.250. The molecule has 1 rings (SSSR count). The van der Waals surface area contributed by atoms with Crippen LogP contribution in [0.1, 0.15) is 11.1 Å². The monoisotopic (exact) mass is 154 g/mol. The molecule has 0 aromatic heterocycles. The molecule has 0 saturated heterocycles. The topological polar surface area (TPSA) is 60.7 Å². The summed E-state index contributed by atoms with van der Waals surface area (Å²) in [7, 11) is 0. The van der Waals surface area contributed by atoms with Gasteiger partial charge in [-0.25, -0.2) is 0 Å². The van der Waals surface area contributed by atoms with Crippen molar-refractivity contribution in [2.24, 2.45) is 0 Å². The van der Waals surface area contributed by atoms with Gasteiger partial charge in [-0.15, -0.1) is 0 Å². The number of aryl methyl sites for hydroxylation is 1. The van der Waals surface area contributed by atoms with E-state index in [2.05, 4.69) is 0 Å². The van der Waals surface area contributed by atoms with E-state index in [9.17, 15) is 0 Å². The second kappa shape index (κ2) is 2.80. The van der Waals surface area contributed by atoms with E-state index in [1.165, 1.54) is 6.07 Å². The summed E-state index contributed by atoms with van der Waals surface area (Å²) in [5, 5.41) is 26.9. The summed E-state index contributed by atoms with van der Waals surface area (Å²) < 4.78 is 0. The molecule has 0 amide bonds. The van der Waals surface area contributed by atoms with Crippen LogP contribution in [0.25, 0.3) is 0 Å². The average Bonchev–Trinajstić information content (AvgIpc) is 1.99. The number of aliphatic hydroxyl groups is 1. The Kier molecular flexibility index (Phi) is 2.01. The molecule has 3 nitrogen and oxygen atoms in total. The van der Waals surface area contributed by atoms with Crippen LogP contribution in [0.2, 0.25) is 0 Å². The average molecular weight is 154 g/mol. The second-order valence-electron chi connectivity index (χ2n) is 2.39. The maximum atomic E-state index is 9.17. The molecule has 60 valence electrons. The van der Waals surface area contributed by atoms with Gasteiger partial charge in [0.25, 0.3) is 0 Å². The second-order valence-corrected chi connectivity index (χ2v) is 2.39. The highest BCUT2D eigenvalue weighted by Crippen LogP contribution is 2.30. The van der Waals surface area contributed by atoms with Gasteiger partial charge in [0.1, 0.15) is 0 Å². The van der Waals surface area contributed by atoms with Crippen molar-refractivity contribution >= 4 is 0 Å². The largest absolute Gasteiger partial charge is 0.504 e. The van der Waals surface area contributed by atoms with Crippen molar-refractivity contribution in [1.29, 1.82) is 0 Å². The van der Waals surface area contributed by atoms with E-state index in [1.54, 1.807) is 13.0 Å². The Balaban J connectivity index is 3.29. The minimum atomic E-state index is -0.258. The molecule has 0 unspecified atom stereocenters. The van der Waals surface area contributed by atoms with Crippen molar-refractivity contribution in [3.8, 4) is 11.5 Å². The lowest BCUT2D eigenvalue weighted by atomic mass is 10.1. The van der Waals surface area contributed by atoms with Gasteiger partial charge in [-0.2, -0.15) is 0 Å². The zero-order chi connectivity index (χ0) is 8.43. The highest BCUT2D eigenvalue weighted by molar-refractivity contribution is 5.47. The summed E-state index contributed by atoms with van der Waals surface area (Å²) in [5.74, 6) is -0.424. The number of benzene rings is 1. The number of hydrogen-bond donors (Lipinski definition) is 3. The lowest BCUT2D eigenvalue weighted by Gasteiger charge is -2.05. The van der Waals surface area contributed by atoms with Crippen LogP contribution < -0.4 is 0 Å². The minimum absolute atomic E-state index is 0.195. The van der Waals surface area contributed by atoms with Crippen molar-refractivity contribution in [3.05, 3.63) is 23.3 Å². The fourth-order valence-electron chi connectivity index (χ4n) is 0.924. The molecule has 0 bridgehead atoms. The summed E-state index contributed by atoms with van der Waals surface area (Å²) in [4.78, 5) is 0. The Morgan fingerprint density at radius 3 is 2.36 bits per heavy atom. The highest BCUT2D eigenvalue weighted by atomic mass is 16.3. The fourth-order valence-corrected chi connectivity index (χ4v) is 0.924. The van der Waals surface area contributed by atoms with Gasteiger partial charge >= 0.3 is 0 Å². The third-order valence-electron chi connectivity index (χ3n) is 1.65. The minimum Gasteiger partial charge on any atom is -0.504 e. The van der Waals surface area contributed by atoms with Crippen LogP contribution in [0.5, 0.6) is 11.5 Å². The molecule has 0 atom stereocenters. The van der Waals surface area contributed by atoms with Crippen LogP contribution >= 0.6 is 0 Å². The van der Waals surface area contributed by atoms with E-state index in [-0.39, 0.29) is 18.1 Å². The van der Waals surface area contributed by atoms with E-state index < -0.39 is 0 Å². The number of hydrogen-bond acceptors (Lipinski definition) is 3. The molecule has 0 spiro atoms. The molecule has 0 aliphatic carbocycles. The standard InChI is InChI=1S/C8H10O3/c1-5-2-3-7(10)8(11)6(5)4-9/h2-3,9-11H,4H2,1H3. The molecule has 3 heteroatoms. The van der Waals surface area contributed by atoms with Crippen LogP contribution in [-0.4, -0.2) is 15.3 Å². The molecule has 0 fully saturated rings. The summed E-state index contributed by atoms with van der Waals surface area (Å²) in [6.45, 7) is 1.50. The van der Waals surface area contributed by atoms with Crippen molar-refractivity contribution < 1.29 is 15.3 Å². The Hall–Kier alpha value is -1.22. The maximum absolute atomic E-state index is 9.17. The first-order chi connectivity index (χ1) is 5.16. The molecule has 1 aromatic carbocycles. The summed E-state index contributed by atoms with van der Waals surface area (Å²) in [6, 6.07) is 3.03. The van der Waals surface area contributed by atoms with Crippen LogP contribution in [-0.2, 0) is 6.61 Å². The predicted octanol–water partition coefficient (Wildman–Crippen LogP) is 0.899. The first-order valence-electron chi connectivity index (χ1n) is 3.28. The third kappa shape index (κ3) is 1.28. The van der Waals surface area contributed by atoms with Gasteiger partial charge in [0.15, 0.2) is 11.5 Å². The summed E-state index contributed by atoms with van der Waals surface area (Å²) >= 11 is 0. The van der Waals surface area contributed by atoms with Gasteiger partial charge in [0.2, 0.25) is 0 Å². The highest BCUT2D eigenvalue weighted by Gasteiger charge is 2.07. The molecular formula is C8H10O3. The summed E-state index contributed by atoms with van der Waals surface area (Å²) in [6.07, 6.45) is 0. The lowest BCUT2D eigenvalue weighted by molar-refractivity contribution is 0.272. The quantitative estimate of drug-likeness (QED) is 0.526. The normalized spacial score (nSPS) is 10.0. The van der Waals surface area contributed by atoms with Crippen LogP contribution in [0.4, 0.5) is 0 Å². The molecular weight excluding hydrogens is 144 g/mol. The van der Waals surface area contributed by atoms with E-state index >= 15 is 0 Å². The van der Waals surface area contributed by atoms with Crippen LogP contribution in [0.15, 0.2) is 12.1 Å². The Morgan fingerprint density at radius 1 is 1.27 bits per heavy atom. The maximum Gasteiger partial charge on any atom is 0.163 e. The van der Waals surface area contributed by atoms with Gasteiger partial charge < -0.3 is 15.3 Å². The molecule has 0 aliphatic heterocycles. The first-order valence-corrected chi connectivity index (χ1v) is 3.28. The number of phenols is 2. The van der Waals surface area contributed by atoms with E-state index in [0.717, 1.165) is 5.56 Å². The van der Waals surface area contributed by atoms with Crippen LogP contribution in [0.3, 0.4) is 0 Å². The molecule has 0 saturated carbocycles. The predicted molar refractivity (Wildman–Crippen MR) is 40.4 cm³/mol. The Morgan fingerprint density at radius 2 is 1.91 bits per heavy atom. The zero-order valence-electron chi connectivity index (χ0n) is 6.20. The molecule has 0 radical (unpaired) electrons. The van der Waals surface area contributed by atoms with Crippen molar-refractivity contribution in [2.45, 2.75) is 13.5 Å². The van der Waals surface area contributed by atoms with Gasteiger partial charge in [-0.3, -0.25) is 0 Å². The third-order valence-corrected chi connectivity index (χ3v) is 1.65. The number of aromatic hydroxyl groups is 2. The van der Waals surface area contributed by atoms with Crippen molar-refractivity contribution in [1.82, 2.24) is 0 Å². The molecule has 3 N–H and O–H groups in total. The smallest absolute Gasteiger partial charge is 0.163 e. The lowest BCUT2D eigenvalue weighted by Crippen LogP contribution is -1.88. The van der Waals surface area contributed by atoms with Gasteiger partial charge in [0, 0.05) is 5.56 Å². The van der Waals surface area contributed by atoms with Gasteiger partial charge in [0.05, 0.1) is 6.61 Å². The first kappa shape index (κ1) is 7.88. The van der Waals surface area contributed by atoms with E-state index in [0.29, 0.717) is 5.56 Å². The SMILES string of the molecule is Cc1ccc(O)c(O)c1CO. The Bertz CT molecular complexity index is 268. The molecule has 0 aliphatic rings. The Labute approximate surface area is 64.5 Å². The number of phenolic OH excluding ortho intramolecular Hbond substituents is 1. The summed E-state index contributed by atoms with van der Waals surface area (Å²) in [5.41, 5.74) is 1.15. The van der Waals surface area contributed by atoms with Crippen LogP contribution in [0, 0.1) is 6.92 Å². The molecule has 11 heavy (non-hydrogen) atoms. The number of aliphatic hydroxyl groups excluding tert-OH is 1. The van der Waals surface area contributed by atoms with Crippen molar-refractivity contribution in [3.63, 3.8) is 0 Å². The number of rotatable bonds is 1. The van der Waals surface area contributed by atoms with Crippen molar-refractivity contribution in [2.75, 3.05) is 0 Å². The van der Waals surface area contributed by atoms with E-state index in [4.69, 9.17) is 15.3 Å². The van der Waals surface area contributed by atoms with Gasteiger partial charge in [-0.1, -0.05) is 6.07 Å². The molecule has 0 heterocycles. The van der Waals surface area contributed by atoms with Gasteiger partial charge in [-0.05, 0) is 18.6 Å². The molecule has 1 aromatic rings. The van der Waals surface area contributed by atoms with E-state index in [1.807, 2.05) is 0 Å².